The Bertz CT molecular complexity index is 1530. The number of nitrogens with two attached hydrogens (primary N) is 1. The molecule has 3 heterocycles. The number of fused-ring (bicyclic) bond motifs is 1. The van der Waals surface area contributed by atoms with Crippen molar-refractivity contribution in [2.24, 2.45) is 0 Å². The van der Waals surface area contributed by atoms with Gasteiger partial charge in [0.05, 0.1) is 27.2 Å². The number of hydrogen-bond acceptors (Lipinski definition) is 13. The van der Waals surface area contributed by atoms with E-state index in [2.05, 4.69) is 15.0 Å². The van der Waals surface area contributed by atoms with Crippen molar-refractivity contribution >= 4 is 35.5 Å². The van der Waals surface area contributed by atoms with E-state index in [1.54, 1.807) is 24.3 Å². The number of aliphatic hydroxyl groups is 2. The van der Waals surface area contributed by atoms with E-state index in [4.69, 9.17) is 45.3 Å². The summed E-state index contributed by atoms with van der Waals surface area (Å²) in [7, 11) is 2.98. The Kier molecular flexibility index (Phi) is 8.46. The van der Waals surface area contributed by atoms with Gasteiger partial charge in [0, 0.05) is 11.8 Å². The molecule has 13 nitrogen and oxygen atoms in total. The Morgan fingerprint density at radius 3 is 2.05 bits per heavy atom. The molecule has 0 amide bonds. The standard InChI is InChI=1S/C25H26F2N5O8PS/c1-35-14-3-7-16(8-4-14)39-41(42,40-17-9-5-15(36-2)6-10-17)37-11-25(24(26)27)20(34)19(33)23(38-25)32-13-31-18-21(28)29-12-30-22(18)32/h3-10,12-13,19-20,23-24,33-34H,11H2,1-2H3,(H2,28,29,30)/t19-,20-,23+,25+/m0/s1. The van der Waals surface area contributed by atoms with E-state index in [9.17, 15) is 19.0 Å². The molecule has 1 fully saturated rings. The van der Waals surface area contributed by atoms with Gasteiger partial charge in [-0.3, -0.25) is 9.09 Å². The number of nitrogen functional groups attached to an aromatic ring is 1. The lowest BCUT2D eigenvalue weighted by atomic mass is 9.96. The fraction of sp³-hybridized carbons (Fsp3) is 0.320. The predicted octanol–water partition coefficient (Wildman–Crippen LogP) is 3.08. The van der Waals surface area contributed by atoms with Crippen molar-refractivity contribution in [1.82, 2.24) is 19.5 Å². The van der Waals surface area contributed by atoms with Crippen molar-refractivity contribution in [3.63, 3.8) is 0 Å². The van der Waals surface area contributed by atoms with Crippen LogP contribution in [-0.4, -0.2) is 74.8 Å². The monoisotopic (exact) mass is 625 g/mol. The van der Waals surface area contributed by atoms with Crippen LogP contribution < -0.4 is 24.3 Å². The zero-order valence-electron chi connectivity index (χ0n) is 22.1. The van der Waals surface area contributed by atoms with Gasteiger partial charge in [-0.25, -0.2) is 23.7 Å². The number of anilines is 1. The normalized spacial score (nSPS) is 22.4. The van der Waals surface area contributed by atoms with Crippen LogP contribution in [0.2, 0.25) is 0 Å². The van der Waals surface area contributed by atoms with Crippen molar-refractivity contribution in [1.29, 1.82) is 0 Å². The lowest BCUT2D eigenvalue weighted by Crippen LogP contribution is -2.52. The Morgan fingerprint density at radius 2 is 1.52 bits per heavy atom. The molecule has 17 heteroatoms. The summed E-state index contributed by atoms with van der Waals surface area (Å²) in [5.41, 5.74) is 3.32. The number of halogens is 2. The van der Waals surface area contributed by atoms with Crippen molar-refractivity contribution in [2.75, 3.05) is 26.6 Å². The number of hydrogen-bond donors (Lipinski definition) is 3. The highest BCUT2D eigenvalue weighted by molar-refractivity contribution is 8.07. The minimum absolute atomic E-state index is 0.0299. The second kappa shape index (κ2) is 11.9. The second-order valence-corrected chi connectivity index (χ2v) is 11.9. The van der Waals surface area contributed by atoms with Crippen molar-refractivity contribution in [3.05, 3.63) is 61.2 Å². The van der Waals surface area contributed by atoms with Crippen LogP contribution in [0, 0.1) is 0 Å². The Hall–Kier alpha value is -3.66. The number of ether oxygens (including phenoxy) is 3. The first-order chi connectivity index (χ1) is 20.1. The Morgan fingerprint density at radius 1 is 0.976 bits per heavy atom. The van der Waals surface area contributed by atoms with Gasteiger partial charge in [-0.05, 0) is 48.5 Å². The van der Waals surface area contributed by atoms with Gasteiger partial charge < -0.3 is 39.2 Å². The quantitative estimate of drug-likeness (QED) is 0.209. The highest BCUT2D eigenvalue weighted by Gasteiger charge is 2.61. The van der Waals surface area contributed by atoms with Gasteiger partial charge in [0.25, 0.3) is 6.43 Å². The smallest absolute Gasteiger partial charge is 0.435 e. The second-order valence-electron chi connectivity index (χ2n) is 9.04. The molecule has 1 aliphatic rings. The van der Waals surface area contributed by atoms with Gasteiger partial charge in [0.2, 0.25) is 0 Å². The molecule has 0 unspecified atom stereocenters. The first-order valence-corrected chi connectivity index (χ1v) is 14.8. The molecule has 5 rings (SSSR count). The van der Waals surface area contributed by atoms with Crippen LogP contribution in [0.15, 0.2) is 61.2 Å². The molecule has 42 heavy (non-hydrogen) atoms. The third-order valence-corrected chi connectivity index (χ3v) is 8.57. The molecular formula is C25H26F2N5O8PS. The van der Waals surface area contributed by atoms with Crippen LogP contribution >= 0.6 is 6.72 Å². The first kappa shape index (κ1) is 29.8. The fourth-order valence-corrected chi connectivity index (χ4v) is 6.17. The van der Waals surface area contributed by atoms with Crippen LogP contribution in [-0.2, 0) is 21.1 Å². The minimum atomic E-state index is -3.93. The number of aliphatic hydroxyl groups excluding tert-OH is 2. The Balaban J connectivity index is 1.44. The molecule has 0 spiro atoms. The third-order valence-electron chi connectivity index (χ3n) is 6.49. The van der Waals surface area contributed by atoms with E-state index < -0.39 is 43.8 Å². The number of rotatable bonds is 11. The van der Waals surface area contributed by atoms with Crippen molar-refractivity contribution < 1.29 is 46.8 Å². The van der Waals surface area contributed by atoms with Crippen molar-refractivity contribution in [3.8, 4) is 23.0 Å². The first-order valence-electron chi connectivity index (χ1n) is 12.3. The Labute approximate surface area is 243 Å². The average molecular weight is 626 g/mol. The van der Waals surface area contributed by atoms with E-state index in [0.717, 1.165) is 6.33 Å². The number of imidazole rings is 1. The lowest BCUT2D eigenvalue weighted by molar-refractivity contribution is -0.191. The number of methoxy groups -OCH3 is 2. The molecule has 4 aromatic rings. The summed E-state index contributed by atoms with van der Waals surface area (Å²) in [5, 5.41) is 21.8. The molecule has 0 bridgehead atoms. The van der Waals surface area contributed by atoms with Gasteiger partial charge in [0.1, 0.15) is 47.1 Å². The summed E-state index contributed by atoms with van der Waals surface area (Å²) in [6, 6.07) is 12.5. The third kappa shape index (κ3) is 5.69. The van der Waals surface area contributed by atoms with Crippen LogP contribution in [0.25, 0.3) is 11.2 Å². The molecule has 4 atom stereocenters. The maximum atomic E-state index is 14.7. The van der Waals surface area contributed by atoms with Crippen LogP contribution in [0.3, 0.4) is 0 Å². The molecular weight excluding hydrogens is 599 g/mol. The highest BCUT2D eigenvalue weighted by atomic mass is 32.5. The molecule has 1 aliphatic heterocycles. The van der Waals surface area contributed by atoms with Gasteiger partial charge in [-0.1, -0.05) is 0 Å². The molecule has 2 aromatic heterocycles. The maximum absolute atomic E-state index is 14.7. The predicted molar refractivity (Wildman–Crippen MR) is 148 cm³/mol. The topological polar surface area (TPSA) is 165 Å². The van der Waals surface area contributed by atoms with Crippen LogP contribution in [0.1, 0.15) is 6.23 Å². The van der Waals surface area contributed by atoms with E-state index in [1.807, 2.05) is 0 Å². The number of alkyl halides is 2. The zero-order chi connectivity index (χ0) is 30.1. The molecule has 0 aliphatic carbocycles. The average Bonchev–Trinajstić information content (AvgIpc) is 3.53. The van der Waals surface area contributed by atoms with E-state index in [-0.39, 0.29) is 28.5 Å². The molecule has 0 radical (unpaired) electrons. The highest BCUT2D eigenvalue weighted by Crippen LogP contribution is 2.53. The molecule has 0 saturated carbocycles. The van der Waals surface area contributed by atoms with Gasteiger partial charge in [-0.15, -0.1) is 0 Å². The van der Waals surface area contributed by atoms with E-state index in [1.165, 1.54) is 49.4 Å². The lowest BCUT2D eigenvalue weighted by Gasteiger charge is -2.33. The summed E-state index contributed by atoms with van der Waals surface area (Å²) in [5.74, 6) is 1.50. The summed E-state index contributed by atoms with van der Waals surface area (Å²) in [4.78, 5) is 12.0. The van der Waals surface area contributed by atoms with Gasteiger partial charge in [-0.2, -0.15) is 0 Å². The SMILES string of the molecule is COc1ccc(OP(=S)(OC[C@@]2(C(F)F)O[C@@H](n3cnc4c(N)ncnc43)[C@@H](O)[C@@H]2O)Oc2ccc(OC)cc2)cc1. The summed E-state index contributed by atoms with van der Waals surface area (Å²) in [6.45, 7) is -4.95. The summed E-state index contributed by atoms with van der Waals surface area (Å²) < 4.78 is 64.1. The van der Waals surface area contributed by atoms with E-state index >= 15 is 0 Å². The molecule has 2 aromatic carbocycles. The van der Waals surface area contributed by atoms with Gasteiger partial charge in [0.15, 0.2) is 23.3 Å². The maximum Gasteiger partial charge on any atom is 0.435 e. The number of benzene rings is 2. The van der Waals surface area contributed by atoms with Crippen LogP contribution in [0.4, 0.5) is 14.6 Å². The zero-order valence-corrected chi connectivity index (χ0v) is 23.8. The summed E-state index contributed by atoms with van der Waals surface area (Å²) in [6.07, 6.45) is -6.56. The molecule has 1 saturated heterocycles. The summed E-state index contributed by atoms with van der Waals surface area (Å²) >= 11 is 5.61. The number of aromatic nitrogens is 4. The minimum Gasteiger partial charge on any atom is -0.497 e. The van der Waals surface area contributed by atoms with Crippen molar-refractivity contribution in [2.45, 2.75) is 30.5 Å². The molecule has 224 valence electrons. The van der Waals surface area contributed by atoms with Crippen LogP contribution in [0.5, 0.6) is 23.0 Å². The number of nitrogens with zero attached hydrogens (tertiary/aromatic N) is 4. The van der Waals surface area contributed by atoms with E-state index in [0.29, 0.717) is 11.5 Å². The largest absolute Gasteiger partial charge is 0.497 e. The fourth-order valence-electron chi connectivity index (χ4n) is 4.23. The van der Waals surface area contributed by atoms with Gasteiger partial charge >= 0.3 is 6.72 Å². The molecule has 4 N–H and O–H groups in total.